The summed E-state index contributed by atoms with van der Waals surface area (Å²) in [7, 11) is 0. The number of anilines is 2. The van der Waals surface area contributed by atoms with Gasteiger partial charge in [-0.05, 0) is 31.7 Å². The third-order valence-corrected chi connectivity index (χ3v) is 5.21. The van der Waals surface area contributed by atoms with Gasteiger partial charge in [0, 0.05) is 10.9 Å². The van der Waals surface area contributed by atoms with E-state index < -0.39 is 4.92 Å². The van der Waals surface area contributed by atoms with Crippen LogP contribution in [0.15, 0.2) is 24.3 Å². The lowest BCUT2D eigenvalue weighted by atomic mass is 10.0. The first-order valence-corrected chi connectivity index (χ1v) is 9.21. The molecule has 0 bridgehead atoms. The molecule has 1 aliphatic rings. The summed E-state index contributed by atoms with van der Waals surface area (Å²) in [5, 5.41) is 17.2. The summed E-state index contributed by atoms with van der Waals surface area (Å²) in [6.07, 6.45) is 6.79. The van der Waals surface area contributed by atoms with Crippen LogP contribution in [-0.4, -0.2) is 22.4 Å². The highest BCUT2D eigenvalue weighted by molar-refractivity contribution is 7.15. The number of nitrogens with zero attached hydrogens (tertiary/aromatic N) is 2. The van der Waals surface area contributed by atoms with Crippen molar-refractivity contribution in [3.63, 3.8) is 0 Å². The molecule has 7 nitrogen and oxygen atoms in total. The summed E-state index contributed by atoms with van der Waals surface area (Å²) < 4.78 is 0. The van der Waals surface area contributed by atoms with Gasteiger partial charge in [-0.2, -0.15) is 0 Å². The number of carbonyl (C=O) groups is 1. The number of hydrogen-bond acceptors (Lipinski definition) is 6. The van der Waals surface area contributed by atoms with Crippen molar-refractivity contribution in [2.24, 2.45) is 0 Å². The van der Waals surface area contributed by atoms with Crippen LogP contribution in [0.4, 0.5) is 16.5 Å². The lowest BCUT2D eigenvalue weighted by Crippen LogP contribution is -2.22. The molecular weight excluding hydrogens is 340 g/mol. The average Bonchev–Trinajstić information content (AvgIpc) is 2.94. The summed E-state index contributed by atoms with van der Waals surface area (Å²) in [4.78, 5) is 28.5. The molecule has 1 heterocycles. The van der Waals surface area contributed by atoms with E-state index in [0.717, 1.165) is 25.0 Å². The van der Waals surface area contributed by atoms with E-state index in [9.17, 15) is 14.9 Å². The molecular formula is C17H20N4O3S. The minimum atomic E-state index is -0.471. The standard InChI is InChI=1S/C17H20N4O3S/c22-16(11-18-12-7-5-6-9-14(12)21(23)24)20-17-19-13-8-3-1-2-4-10-15(13)25-17/h5-7,9,18H,1-4,8,10-11H2,(H,19,20,22). The van der Waals surface area contributed by atoms with E-state index in [4.69, 9.17) is 0 Å². The second-order valence-electron chi connectivity index (χ2n) is 5.98. The van der Waals surface area contributed by atoms with Crippen molar-refractivity contribution >= 4 is 33.8 Å². The van der Waals surface area contributed by atoms with Crippen LogP contribution < -0.4 is 10.6 Å². The quantitative estimate of drug-likeness (QED) is 0.625. The maximum absolute atomic E-state index is 12.1. The van der Waals surface area contributed by atoms with E-state index in [1.54, 1.807) is 18.2 Å². The molecule has 8 heteroatoms. The van der Waals surface area contributed by atoms with Gasteiger partial charge in [0.25, 0.3) is 5.69 Å². The molecule has 0 fully saturated rings. The highest BCUT2D eigenvalue weighted by Gasteiger charge is 2.16. The maximum Gasteiger partial charge on any atom is 0.292 e. The van der Waals surface area contributed by atoms with E-state index in [1.165, 1.54) is 41.5 Å². The Kier molecular flexibility index (Phi) is 5.60. The van der Waals surface area contributed by atoms with Gasteiger partial charge in [-0.3, -0.25) is 14.9 Å². The Balaban J connectivity index is 1.60. The van der Waals surface area contributed by atoms with Gasteiger partial charge in [-0.25, -0.2) is 4.98 Å². The third kappa shape index (κ3) is 4.54. The predicted molar refractivity (Wildman–Crippen MR) is 98.2 cm³/mol. The van der Waals surface area contributed by atoms with Crippen LogP contribution in [0.2, 0.25) is 0 Å². The fraction of sp³-hybridized carbons (Fsp3) is 0.412. The molecule has 0 saturated carbocycles. The zero-order chi connectivity index (χ0) is 17.6. The van der Waals surface area contributed by atoms with Gasteiger partial charge in [-0.15, -0.1) is 11.3 Å². The first-order valence-electron chi connectivity index (χ1n) is 8.39. The van der Waals surface area contributed by atoms with Crippen molar-refractivity contribution in [1.82, 2.24) is 4.98 Å². The van der Waals surface area contributed by atoms with Crippen LogP contribution in [0, 0.1) is 10.1 Å². The minimum Gasteiger partial charge on any atom is -0.371 e. The summed E-state index contributed by atoms with van der Waals surface area (Å²) >= 11 is 1.54. The molecule has 25 heavy (non-hydrogen) atoms. The van der Waals surface area contributed by atoms with E-state index in [2.05, 4.69) is 15.6 Å². The largest absolute Gasteiger partial charge is 0.371 e. The molecule has 1 aromatic carbocycles. The van der Waals surface area contributed by atoms with Gasteiger partial charge < -0.3 is 10.6 Å². The maximum atomic E-state index is 12.1. The number of fused-ring (bicyclic) bond motifs is 1. The van der Waals surface area contributed by atoms with E-state index >= 15 is 0 Å². The zero-order valence-electron chi connectivity index (χ0n) is 13.8. The summed E-state index contributed by atoms with van der Waals surface area (Å²) in [6, 6.07) is 6.27. The number of aromatic nitrogens is 1. The van der Waals surface area contributed by atoms with Crippen molar-refractivity contribution in [2.45, 2.75) is 38.5 Å². The Morgan fingerprint density at radius 1 is 1.20 bits per heavy atom. The van der Waals surface area contributed by atoms with Gasteiger partial charge in [0.05, 0.1) is 17.2 Å². The number of para-hydroxylation sites is 2. The van der Waals surface area contributed by atoms with Gasteiger partial charge in [-0.1, -0.05) is 25.0 Å². The molecule has 0 spiro atoms. The summed E-state index contributed by atoms with van der Waals surface area (Å²) in [5.41, 5.74) is 1.38. The van der Waals surface area contributed by atoms with Crippen LogP contribution in [0.5, 0.6) is 0 Å². The smallest absolute Gasteiger partial charge is 0.292 e. The Hall–Kier alpha value is -2.48. The third-order valence-electron chi connectivity index (χ3n) is 4.13. The number of benzene rings is 1. The Morgan fingerprint density at radius 2 is 1.96 bits per heavy atom. The normalized spacial score (nSPS) is 14.1. The van der Waals surface area contributed by atoms with Gasteiger partial charge in [0.15, 0.2) is 5.13 Å². The van der Waals surface area contributed by atoms with Crippen LogP contribution in [-0.2, 0) is 17.6 Å². The van der Waals surface area contributed by atoms with Crippen molar-refractivity contribution in [3.05, 3.63) is 45.0 Å². The number of thiazole rings is 1. The van der Waals surface area contributed by atoms with Crippen molar-refractivity contribution in [3.8, 4) is 0 Å². The lowest BCUT2D eigenvalue weighted by Gasteiger charge is -2.06. The molecule has 132 valence electrons. The van der Waals surface area contributed by atoms with E-state index in [-0.39, 0.29) is 18.1 Å². The molecule has 0 atom stereocenters. The first-order chi connectivity index (χ1) is 12.1. The fourth-order valence-corrected chi connectivity index (χ4v) is 3.95. The second-order valence-corrected chi connectivity index (χ2v) is 7.06. The Morgan fingerprint density at radius 3 is 2.76 bits per heavy atom. The highest BCUT2D eigenvalue weighted by atomic mass is 32.1. The van der Waals surface area contributed by atoms with Crippen molar-refractivity contribution in [1.29, 1.82) is 0 Å². The minimum absolute atomic E-state index is 0.0465. The summed E-state index contributed by atoms with van der Waals surface area (Å²) in [6.45, 7) is -0.0465. The number of aryl methyl sites for hydroxylation is 2. The molecule has 0 unspecified atom stereocenters. The molecule has 0 saturated heterocycles. The van der Waals surface area contributed by atoms with Gasteiger partial charge >= 0.3 is 0 Å². The number of rotatable bonds is 5. The Labute approximate surface area is 149 Å². The molecule has 2 aromatic rings. The fourth-order valence-electron chi connectivity index (χ4n) is 2.88. The Bertz CT molecular complexity index is 750. The van der Waals surface area contributed by atoms with E-state index in [1.807, 2.05) is 0 Å². The number of hydrogen-bond donors (Lipinski definition) is 2. The second kappa shape index (κ2) is 8.06. The summed E-state index contributed by atoms with van der Waals surface area (Å²) in [5.74, 6) is -0.264. The lowest BCUT2D eigenvalue weighted by molar-refractivity contribution is -0.383. The van der Waals surface area contributed by atoms with Crippen molar-refractivity contribution in [2.75, 3.05) is 17.2 Å². The van der Waals surface area contributed by atoms with Gasteiger partial charge in [0.2, 0.25) is 5.91 Å². The van der Waals surface area contributed by atoms with Crippen LogP contribution in [0.1, 0.15) is 36.3 Å². The molecule has 2 N–H and O–H groups in total. The molecule has 1 aromatic heterocycles. The molecule has 0 aliphatic heterocycles. The number of nitro groups is 1. The molecule has 3 rings (SSSR count). The number of amides is 1. The van der Waals surface area contributed by atoms with Crippen molar-refractivity contribution < 1.29 is 9.72 Å². The number of nitrogens with one attached hydrogen (secondary N) is 2. The van der Waals surface area contributed by atoms with Crippen LogP contribution in [0.25, 0.3) is 0 Å². The van der Waals surface area contributed by atoms with Crippen LogP contribution in [0.3, 0.4) is 0 Å². The SMILES string of the molecule is O=C(CNc1ccccc1[N+](=O)[O-])Nc1nc2c(s1)CCCCCC2. The molecule has 1 aliphatic carbocycles. The topological polar surface area (TPSA) is 97.2 Å². The highest BCUT2D eigenvalue weighted by Crippen LogP contribution is 2.28. The molecule has 1 amide bonds. The average molecular weight is 360 g/mol. The number of nitro benzene ring substituents is 1. The number of carbonyl (C=O) groups excluding carboxylic acids is 1. The first kappa shape index (κ1) is 17.3. The molecule has 0 radical (unpaired) electrons. The van der Waals surface area contributed by atoms with Crippen LogP contribution >= 0.6 is 11.3 Å². The predicted octanol–water partition coefficient (Wildman–Crippen LogP) is 3.76. The monoisotopic (exact) mass is 360 g/mol. The van der Waals surface area contributed by atoms with E-state index in [0.29, 0.717) is 10.8 Å². The zero-order valence-corrected chi connectivity index (χ0v) is 14.6. The van der Waals surface area contributed by atoms with Gasteiger partial charge in [0.1, 0.15) is 5.69 Å².